The largest absolute Gasteiger partial charge is 0.301 e. The Morgan fingerprint density at radius 3 is 3.00 bits per heavy atom. The first-order valence-electron chi connectivity index (χ1n) is 4.34. The summed E-state index contributed by atoms with van der Waals surface area (Å²) in [6.45, 7) is 3.39. The van der Waals surface area contributed by atoms with Crippen LogP contribution >= 0.6 is 34.7 Å². The lowest BCUT2D eigenvalue weighted by Crippen LogP contribution is -2.30. The second kappa shape index (κ2) is 4.22. The van der Waals surface area contributed by atoms with Gasteiger partial charge in [-0.25, -0.2) is 0 Å². The van der Waals surface area contributed by atoms with Gasteiger partial charge in [-0.1, -0.05) is 18.5 Å². The molecule has 1 saturated heterocycles. The minimum Gasteiger partial charge on any atom is -0.301 e. The predicted molar refractivity (Wildman–Crippen MR) is 61.7 cm³/mol. The van der Waals surface area contributed by atoms with Gasteiger partial charge < -0.3 is 5.32 Å². The first kappa shape index (κ1) is 9.84. The maximum absolute atomic E-state index is 5.88. The third-order valence-corrected chi connectivity index (χ3v) is 5.05. The van der Waals surface area contributed by atoms with E-state index in [2.05, 4.69) is 18.3 Å². The molecule has 0 aliphatic carbocycles. The van der Waals surface area contributed by atoms with E-state index in [4.69, 9.17) is 11.6 Å². The van der Waals surface area contributed by atoms with Crippen molar-refractivity contribution in [3.05, 3.63) is 21.3 Å². The summed E-state index contributed by atoms with van der Waals surface area (Å²) in [7, 11) is 0. The molecule has 0 amide bonds. The molecule has 1 aromatic rings. The molecule has 4 heteroatoms. The SMILES string of the molecule is CC1CNC(c2cc(Cl)cs2)SC1. The second-order valence-electron chi connectivity index (χ2n) is 3.39. The van der Waals surface area contributed by atoms with Crippen LogP contribution in [0.2, 0.25) is 5.02 Å². The van der Waals surface area contributed by atoms with Gasteiger partial charge >= 0.3 is 0 Å². The average Bonchev–Trinajstić information content (AvgIpc) is 2.53. The van der Waals surface area contributed by atoms with E-state index < -0.39 is 0 Å². The highest BCUT2D eigenvalue weighted by molar-refractivity contribution is 7.99. The highest BCUT2D eigenvalue weighted by atomic mass is 35.5. The molecule has 0 aromatic carbocycles. The van der Waals surface area contributed by atoms with Crippen molar-refractivity contribution in [2.45, 2.75) is 12.3 Å². The third-order valence-electron chi connectivity index (χ3n) is 2.05. The zero-order valence-electron chi connectivity index (χ0n) is 7.42. The van der Waals surface area contributed by atoms with Crippen LogP contribution < -0.4 is 5.32 Å². The lowest BCUT2D eigenvalue weighted by molar-refractivity contribution is 0.532. The molecule has 0 radical (unpaired) electrons. The fourth-order valence-electron chi connectivity index (χ4n) is 1.34. The Kier molecular flexibility index (Phi) is 3.19. The van der Waals surface area contributed by atoms with Gasteiger partial charge in [-0.05, 0) is 24.3 Å². The van der Waals surface area contributed by atoms with Gasteiger partial charge in [-0.2, -0.15) is 0 Å². The summed E-state index contributed by atoms with van der Waals surface area (Å²) >= 11 is 9.60. The van der Waals surface area contributed by atoms with Crippen molar-refractivity contribution in [3.63, 3.8) is 0 Å². The summed E-state index contributed by atoms with van der Waals surface area (Å²) in [5.41, 5.74) is 0. The number of thioether (sulfide) groups is 1. The molecule has 72 valence electrons. The van der Waals surface area contributed by atoms with Crippen molar-refractivity contribution in [2.24, 2.45) is 5.92 Å². The van der Waals surface area contributed by atoms with Crippen molar-refractivity contribution in [3.8, 4) is 0 Å². The smallest absolute Gasteiger partial charge is 0.0883 e. The zero-order chi connectivity index (χ0) is 9.26. The van der Waals surface area contributed by atoms with Crippen LogP contribution in [0.3, 0.4) is 0 Å². The topological polar surface area (TPSA) is 12.0 Å². The summed E-state index contributed by atoms with van der Waals surface area (Å²) in [6.07, 6.45) is 0. The molecule has 2 rings (SSSR count). The molecule has 13 heavy (non-hydrogen) atoms. The molecule has 2 heterocycles. The minimum absolute atomic E-state index is 0.466. The van der Waals surface area contributed by atoms with Crippen molar-refractivity contribution in [2.75, 3.05) is 12.3 Å². The number of hydrogen-bond donors (Lipinski definition) is 1. The van der Waals surface area contributed by atoms with E-state index >= 15 is 0 Å². The number of halogens is 1. The highest BCUT2D eigenvalue weighted by Gasteiger charge is 2.20. The van der Waals surface area contributed by atoms with Crippen LogP contribution in [0.1, 0.15) is 17.2 Å². The van der Waals surface area contributed by atoms with Gasteiger partial charge in [0, 0.05) is 10.3 Å². The third kappa shape index (κ3) is 2.40. The Hall–Kier alpha value is 0.300. The zero-order valence-corrected chi connectivity index (χ0v) is 9.81. The molecule has 2 atom stereocenters. The van der Waals surface area contributed by atoms with Gasteiger partial charge in [0.25, 0.3) is 0 Å². The van der Waals surface area contributed by atoms with Gasteiger partial charge in [0.05, 0.1) is 10.4 Å². The molecular formula is C9H12ClNS2. The van der Waals surface area contributed by atoms with E-state index in [1.165, 1.54) is 10.6 Å². The molecule has 0 spiro atoms. The van der Waals surface area contributed by atoms with Gasteiger partial charge in [-0.3, -0.25) is 0 Å². The van der Waals surface area contributed by atoms with Crippen LogP contribution in [-0.2, 0) is 0 Å². The Labute approximate surface area is 91.9 Å². The van der Waals surface area contributed by atoms with E-state index in [0.29, 0.717) is 5.37 Å². The monoisotopic (exact) mass is 233 g/mol. The van der Waals surface area contributed by atoms with Crippen LogP contribution in [0, 0.1) is 5.92 Å². The van der Waals surface area contributed by atoms with Crippen LogP contribution in [0.15, 0.2) is 11.4 Å². The van der Waals surface area contributed by atoms with Crippen molar-refractivity contribution >= 4 is 34.7 Å². The summed E-state index contributed by atoms with van der Waals surface area (Å²) < 4.78 is 0. The lowest BCUT2D eigenvalue weighted by Gasteiger charge is -2.26. The summed E-state index contributed by atoms with van der Waals surface area (Å²) in [6, 6.07) is 2.06. The summed E-state index contributed by atoms with van der Waals surface area (Å²) in [5.74, 6) is 2.03. The molecule has 1 N–H and O–H groups in total. The molecule has 0 bridgehead atoms. The molecule has 0 saturated carbocycles. The fourth-order valence-corrected chi connectivity index (χ4v) is 3.83. The van der Waals surface area contributed by atoms with Crippen LogP contribution in [0.5, 0.6) is 0 Å². The lowest BCUT2D eigenvalue weighted by atomic mass is 10.2. The van der Waals surface area contributed by atoms with Crippen molar-refractivity contribution < 1.29 is 0 Å². The first-order chi connectivity index (χ1) is 6.25. The van der Waals surface area contributed by atoms with Gasteiger partial charge in [0.15, 0.2) is 0 Å². The quantitative estimate of drug-likeness (QED) is 0.798. The molecule has 2 unspecified atom stereocenters. The Bertz CT molecular complexity index is 279. The van der Waals surface area contributed by atoms with Crippen LogP contribution in [-0.4, -0.2) is 12.3 Å². The molecule has 1 fully saturated rings. The van der Waals surface area contributed by atoms with Gasteiger partial charge in [0.1, 0.15) is 0 Å². The first-order valence-corrected chi connectivity index (χ1v) is 6.65. The van der Waals surface area contributed by atoms with Gasteiger partial charge in [0.2, 0.25) is 0 Å². The number of rotatable bonds is 1. The molecular weight excluding hydrogens is 222 g/mol. The minimum atomic E-state index is 0.466. The van der Waals surface area contributed by atoms with E-state index in [1.807, 2.05) is 17.1 Å². The van der Waals surface area contributed by atoms with Crippen LogP contribution in [0.4, 0.5) is 0 Å². The molecule has 1 aromatic heterocycles. The van der Waals surface area contributed by atoms with E-state index in [-0.39, 0.29) is 0 Å². The van der Waals surface area contributed by atoms with E-state index in [9.17, 15) is 0 Å². The van der Waals surface area contributed by atoms with Crippen molar-refractivity contribution in [1.29, 1.82) is 0 Å². The van der Waals surface area contributed by atoms with Gasteiger partial charge in [-0.15, -0.1) is 23.1 Å². The van der Waals surface area contributed by atoms with E-state index in [1.54, 1.807) is 11.3 Å². The molecule has 1 nitrogen and oxygen atoms in total. The molecule has 1 aliphatic rings. The average molecular weight is 234 g/mol. The fraction of sp³-hybridized carbons (Fsp3) is 0.556. The number of nitrogens with one attached hydrogen (secondary N) is 1. The highest BCUT2D eigenvalue weighted by Crippen LogP contribution is 2.35. The number of thiophene rings is 1. The number of hydrogen-bond acceptors (Lipinski definition) is 3. The maximum atomic E-state index is 5.88. The summed E-state index contributed by atoms with van der Waals surface area (Å²) in [5, 5.41) is 6.84. The predicted octanol–water partition coefficient (Wildman–Crippen LogP) is 3.37. The van der Waals surface area contributed by atoms with Crippen molar-refractivity contribution in [1.82, 2.24) is 5.32 Å². The summed E-state index contributed by atoms with van der Waals surface area (Å²) in [4.78, 5) is 1.35. The standard InChI is InChI=1S/C9H12ClNS2/c1-6-3-11-9(13-4-6)8-2-7(10)5-12-8/h2,5-6,9,11H,3-4H2,1H3. The second-order valence-corrected chi connectivity index (χ2v) is 5.91. The van der Waals surface area contributed by atoms with E-state index in [0.717, 1.165) is 17.5 Å². The maximum Gasteiger partial charge on any atom is 0.0883 e. The Balaban J connectivity index is 2.02. The Morgan fingerprint density at radius 2 is 2.46 bits per heavy atom. The van der Waals surface area contributed by atoms with Crippen LogP contribution in [0.25, 0.3) is 0 Å². The molecule has 1 aliphatic heterocycles. The normalized spacial score (nSPS) is 29.1. The Morgan fingerprint density at radius 1 is 1.62 bits per heavy atom.